The fraction of sp³-hybridized carbons (Fsp3) is 0.154. The Hall–Kier alpha value is -1.54. The molecule has 0 saturated carbocycles. The van der Waals surface area contributed by atoms with Crippen molar-refractivity contribution in [3.05, 3.63) is 48.0 Å². The van der Waals surface area contributed by atoms with Crippen molar-refractivity contribution in [2.75, 3.05) is 6.61 Å². The van der Waals surface area contributed by atoms with Crippen molar-refractivity contribution in [3.8, 4) is 0 Å². The third-order valence-corrected chi connectivity index (χ3v) is 2.39. The van der Waals surface area contributed by atoms with Crippen molar-refractivity contribution in [1.82, 2.24) is 0 Å². The van der Waals surface area contributed by atoms with E-state index in [1.807, 2.05) is 12.1 Å². The largest absolute Gasteiger partial charge is 0.468 e. The van der Waals surface area contributed by atoms with Gasteiger partial charge in [0.05, 0.1) is 6.61 Å². The summed E-state index contributed by atoms with van der Waals surface area (Å²) in [5.74, 6) is 0. The molecule has 0 unspecified atom stereocenters. The van der Waals surface area contributed by atoms with Gasteiger partial charge in [-0.1, -0.05) is 42.5 Å². The molecule has 2 nitrogen and oxygen atoms in total. The molecule has 0 spiro atoms. The van der Waals surface area contributed by atoms with Crippen LogP contribution in [0, 0.1) is 0 Å². The van der Waals surface area contributed by atoms with E-state index in [-0.39, 0.29) is 12.4 Å². The van der Waals surface area contributed by atoms with E-state index in [0.717, 1.165) is 6.42 Å². The van der Waals surface area contributed by atoms with E-state index in [0.29, 0.717) is 13.1 Å². The molecule has 0 aliphatic heterocycles. The molecular formula is C13H13ClO2. The van der Waals surface area contributed by atoms with E-state index < -0.39 is 0 Å². The molecule has 0 radical (unpaired) electrons. The molecule has 3 heteroatoms. The first kappa shape index (κ1) is 12.5. The van der Waals surface area contributed by atoms with Gasteiger partial charge < -0.3 is 4.74 Å². The monoisotopic (exact) mass is 236 g/mol. The minimum Gasteiger partial charge on any atom is -0.468 e. The summed E-state index contributed by atoms with van der Waals surface area (Å²) >= 11 is 0. The molecule has 0 bridgehead atoms. The fourth-order valence-electron chi connectivity index (χ4n) is 1.62. The van der Waals surface area contributed by atoms with Crippen LogP contribution in [-0.2, 0) is 16.0 Å². The lowest BCUT2D eigenvalue weighted by Crippen LogP contribution is -1.96. The molecule has 2 rings (SSSR count). The van der Waals surface area contributed by atoms with Crippen molar-refractivity contribution in [3.63, 3.8) is 0 Å². The van der Waals surface area contributed by atoms with Crippen molar-refractivity contribution >= 4 is 29.7 Å². The molecule has 2 aromatic rings. The zero-order valence-electron chi connectivity index (χ0n) is 8.76. The van der Waals surface area contributed by atoms with Crippen molar-refractivity contribution < 1.29 is 9.53 Å². The maximum atomic E-state index is 9.99. The van der Waals surface area contributed by atoms with Gasteiger partial charge in [-0.3, -0.25) is 4.79 Å². The van der Waals surface area contributed by atoms with Gasteiger partial charge in [-0.15, -0.1) is 12.4 Å². The van der Waals surface area contributed by atoms with E-state index in [2.05, 4.69) is 35.1 Å². The van der Waals surface area contributed by atoms with E-state index in [9.17, 15) is 4.79 Å². The first-order valence-electron chi connectivity index (χ1n) is 4.93. The highest BCUT2D eigenvalue weighted by Crippen LogP contribution is 2.15. The SMILES string of the molecule is Cl.O=COCCc1ccc2ccccc2c1. The Bertz CT molecular complexity index is 468. The molecule has 0 fully saturated rings. The van der Waals surface area contributed by atoms with Gasteiger partial charge in [-0.05, 0) is 16.3 Å². The van der Waals surface area contributed by atoms with Gasteiger partial charge in [0.25, 0.3) is 6.47 Å². The van der Waals surface area contributed by atoms with Crippen LogP contribution in [0.4, 0.5) is 0 Å². The van der Waals surface area contributed by atoms with Gasteiger partial charge in [0, 0.05) is 6.42 Å². The third kappa shape index (κ3) is 2.97. The zero-order chi connectivity index (χ0) is 10.5. The van der Waals surface area contributed by atoms with Crippen LogP contribution in [0.2, 0.25) is 0 Å². The minimum atomic E-state index is 0. The molecule has 0 heterocycles. The van der Waals surface area contributed by atoms with E-state index >= 15 is 0 Å². The summed E-state index contributed by atoms with van der Waals surface area (Å²) in [6.45, 7) is 0.933. The van der Waals surface area contributed by atoms with Gasteiger partial charge in [0.2, 0.25) is 0 Å². The summed E-state index contributed by atoms with van der Waals surface area (Å²) in [6, 6.07) is 14.5. The average molecular weight is 237 g/mol. The number of halogens is 1. The Labute approximate surface area is 101 Å². The van der Waals surface area contributed by atoms with Gasteiger partial charge in [-0.2, -0.15) is 0 Å². The maximum absolute atomic E-state index is 9.99. The topological polar surface area (TPSA) is 26.3 Å². The number of rotatable bonds is 4. The predicted octanol–water partition coefficient (Wildman–Crippen LogP) is 2.98. The zero-order valence-corrected chi connectivity index (χ0v) is 9.57. The van der Waals surface area contributed by atoms with E-state index in [1.54, 1.807) is 0 Å². The molecular weight excluding hydrogens is 224 g/mol. The molecule has 0 aromatic heterocycles. The average Bonchev–Trinajstić information content (AvgIpc) is 2.29. The number of benzene rings is 2. The van der Waals surface area contributed by atoms with Crippen molar-refractivity contribution in [2.45, 2.75) is 6.42 Å². The van der Waals surface area contributed by atoms with Gasteiger partial charge in [-0.25, -0.2) is 0 Å². The van der Waals surface area contributed by atoms with Crippen LogP contribution in [0.25, 0.3) is 10.8 Å². The smallest absolute Gasteiger partial charge is 0.293 e. The number of carbonyl (C=O) groups excluding carboxylic acids is 1. The summed E-state index contributed by atoms with van der Waals surface area (Å²) in [4.78, 5) is 9.99. The molecule has 0 amide bonds. The Morgan fingerprint density at radius 2 is 1.81 bits per heavy atom. The van der Waals surface area contributed by atoms with Crippen LogP contribution >= 0.6 is 12.4 Å². The summed E-state index contributed by atoms with van der Waals surface area (Å²) in [5, 5.41) is 2.46. The highest BCUT2D eigenvalue weighted by molar-refractivity contribution is 5.85. The number of carbonyl (C=O) groups is 1. The van der Waals surface area contributed by atoms with Crippen LogP contribution in [0.5, 0.6) is 0 Å². The van der Waals surface area contributed by atoms with Crippen LogP contribution in [0.15, 0.2) is 42.5 Å². The predicted molar refractivity (Wildman–Crippen MR) is 66.9 cm³/mol. The second-order valence-electron chi connectivity index (χ2n) is 3.40. The Morgan fingerprint density at radius 3 is 2.56 bits per heavy atom. The Kier molecular flexibility index (Phi) is 4.80. The van der Waals surface area contributed by atoms with Crippen molar-refractivity contribution in [2.24, 2.45) is 0 Å². The molecule has 2 aromatic carbocycles. The summed E-state index contributed by atoms with van der Waals surface area (Å²) in [7, 11) is 0. The van der Waals surface area contributed by atoms with Crippen LogP contribution in [-0.4, -0.2) is 13.1 Å². The molecule has 0 aliphatic carbocycles. The van der Waals surface area contributed by atoms with Crippen LogP contribution in [0.3, 0.4) is 0 Å². The third-order valence-electron chi connectivity index (χ3n) is 2.39. The second kappa shape index (κ2) is 6.13. The minimum absolute atomic E-state index is 0. The maximum Gasteiger partial charge on any atom is 0.293 e. The van der Waals surface area contributed by atoms with E-state index in [1.165, 1.54) is 16.3 Å². The molecule has 0 N–H and O–H groups in total. The lowest BCUT2D eigenvalue weighted by molar-refractivity contribution is -0.128. The standard InChI is InChI=1S/C13H12O2.ClH/c14-10-15-8-7-11-5-6-12-3-1-2-4-13(12)9-11;/h1-6,9-10H,7-8H2;1H. The number of hydrogen-bond donors (Lipinski definition) is 0. The second-order valence-corrected chi connectivity index (χ2v) is 3.40. The van der Waals surface area contributed by atoms with Gasteiger partial charge in [0.15, 0.2) is 0 Å². The molecule has 0 atom stereocenters. The van der Waals surface area contributed by atoms with E-state index in [4.69, 9.17) is 0 Å². The lowest BCUT2D eigenvalue weighted by Gasteiger charge is -2.02. The summed E-state index contributed by atoms with van der Waals surface area (Å²) in [6.07, 6.45) is 0.767. The number of fused-ring (bicyclic) bond motifs is 1. The lowest BCUT2D eigenvalue weighted by atomic mass is 10.1. The Balaban J connectivity index is 0.00000128. The first-order chi connectivity index (χ1) is 7.40. The Morgan fingerprint density at radius 1 is 1.06 bits per heavy atom. The van der Waals surface area contributed by atoms with Gasteiger partial charge >= 0.3 is 0 Å². The van der Waals surface area contributed by atoms with Gasteiger partial charge in [0.1, 0.15) is 0 Å². The summed E-state index contributed by atoms with van der Waals surface area (Å²) in [5.41, 5.74) is 1.19. The molecule has 0 aliphatic rings. The quantitative estimate of drug-likeness (QED) is 0.603. The highest BCUT2D eigenvalue weighted by atomic mass is 35.5. The molecule has 84 valence electrons. The fourth-order valence-corrected chi connectivity index (χ4v) is 1.62. The normalized spacial score (nSPS) is 9.50. The summed E-state index contributed by atoms with van der Waals surface area (Å²) < 4.78 is 4.67. The number of ether oxygens (including phenoxy) is 1. The number of hydrogen-bond acceptors (Lipinski definition) is 2. The molecule has 0 saturated heterocycles. The van der Waals surface area contributed by atoms with Crippen LogP contribution < -0.4 is 0 Å². The first-order valence-corrected chi connectivity index (χ1v) is 4.93. The highest BCUT2D eigenvalue weighted by Gasteiger charge is 1.96. The van der Waals surface area contributed by atoms with Crippen LogP contribution in [0.1, 0.15) is 5.56 Å². The van der Waals surface area contributed by atoms with Crippen molar-refractivity contribution in [1.29, 1.82) is 0 Å². The molecule has 16 heavy (non-hydrogen) atoms.